The smallest absolute Gasteiger partial charge is 0.406 e. The van der Waals surface area contributed by atoms with Crippen LogP contribution in [-0.4, -0.2) is 30.2 Å². The number of nitrogens with one attached hydrogen (secondary N) is 3. The maximum atomic E-state index is 13.6. The highest BCUT2D eigenvalue weighted by Gasteiger charge is 2.36. The van der Waals surface area contributed by atoms with Crippen LogP contribution in [0.5, 0.6) is 5.75 Å². The van der Waals surface area contributed by atoms with Crippen LogP contribution in [0, 0.1) is 5.92 Å². The van der Waals surface area contributed by atoms with Crippen LogP contribution in [0.1, 0.15) is 25.8 Å². The first kappa shape index (κ1) is 25.7. The maximum Gasteiger partial charge on any atom is 0.573 e. The Kier molecular flexibility index (Phi) is 7.07. The van der Waals surface area contributed by atoms with Crippen LogP contribution in [-0.2, 0) is 6.18 Å². The predicted molar refractivity (Wildman–Crippen MR) is 123 cm³/mol. The molecular formula is C24H25F6N5O. The summed E-state index contributed by atoms with van der Waals surface area (Å²) < 4.78 is 82.0. The van der Waals surface area contributed by atoms with Gasteiger partial charge in [0, 0.05) is 30.3 Å². The zero-order valence-corrected chi connectivity index (χ0v) is 19.4. The molecule has 0 bridgehead atoms. The number of alkyl halides is 6. The van der Waals surface area contributed by atoms with Gasteiger partial charge >= 0.3 is 12.5 Å². The fourth-order valence-corrected chi connectivity index (χ4v) is 4.08. The Morgan fingerprint density at radius 1 is 1.08 bits per heavy atom. The average Bonchev–Trinajstić information content (AvgIpc) is 3.01. The molecule has 3 N–H and O–H groups in total. The Hall–Kier alpha value is -3.41. The summed E-state index contributed by atoms with van der Waals surface area (Å²) in [7, 11) is 0. The highest BCUT2D eigenvalue weighted by molar-refractivity contribution is 5.54. The fourth-order valence-electron chi connectivity index (χ4n) is 4.08. The Bertz CT molecular complexity index is 1130. The Labute approximate surface area is 204 Å². The normalized spacial score (nSPS) is 20.6. The number of hydrogen-bond acceptors (Lipinski definition) is 6. The third-order valence-electron chi connectivity index (χ3n) is 5.82. The summed E-state index contributed by atoms with van der Waals surface area (Å²) in [5, 5.41) is 10.1. The largest absolute Gasteiger partial charge is 0.573 e. The Morgan fingerprint density at radius 3 is 2.44 bits per heavy atom. The number of hydrogen-bond donors (Lipinski definition) is 3. The molecule has 1 aromatic carbocycles. The number of benzene rings is 1. The van der Waals surface area contributed by atoms with E-state index < -0.39 is 24.3 Å². The average molecular weight is 513 g/mol. The molecule has 2 aromatic rings. The van der Waals surface area contributed by atoms with Crippen LogP contribution in [0.2, 0.25) is 0 Å². The molecule has 1 aromatic heterocycles. The molecule has 0 amide bonds. The van der Waals surface area contributed by atoms with Crippen LogP contribution in [0.25, 0.3) is 0 Å². The lowest BCUT2D eigenvalue weighted by Gasteiger charge is -2.38. The summed E-state index contributed by atoms with van der Waals surface area (Å²) in [6, 6.07) is 7.61. The molecule has 0 aliphatic carbocycles. The summed E-state index contributed by atoms with van der Waals surface area (Å²) in [6.45, 7) is 4.25. The summed E-state index contributed by atoms with van der Waals surface area (Å²) in [6.07, 6.45) is -4.89. The second-order valence-corrected chi connectivity index (χ2v) is 8.75. The van der Waals surface area contributed by atoms with E-state index in [0.717, 1.165) is 17.3 Å². The van der Waals surface area contributed by atoms with E-state index in [1.165, 1.54) is 41.4 Å². The Balaban J connectivity index is 1.57. The fraction of sp³-hybridized carbons (Fsp3) is 0.375. The zero-order valence-electron chi connectivity index (χ0n) is 19.4. The van der Waals surface area contributed by atoms with E-state index in [9.17, 15) is 26.3 Å². The van der Waals surface area contributed by atoms with Gasteiger partial charge in [0.1, 0.15) is 17.7 Å². The van der Waals surface area contributed by atoms with E-state index in [-0.39, 0.29) is 30.2 Å². The van der Waals surface area contributed by atoms with Crippen molar-refractivity contribution in [3.05, 3.63) is 71.7 Å². The molecule has 0 saturated heterocycles. The number of halogens is 6. The molecular weight excluding hydrogens is 488 g/mol. The van der Waals surface area contributed by atoms with Gasteiger partial charge in [0.15, 0.2) is 0 Å². The molecule has 2 aliphatic heterocycles. The molecule has 3 heterocycles. The monoisotopic (exact) mass is 513 g/mol. The molecule has 6 nitrogen and oxygen atoms in total. The van der Waals surface area contributed by atoms with E-state index in [0.29, 0.717) is 12.1 Å². The number of nitrogens with zero attached hydrogens (tertiary/aromatic N) is 2. The van der Waals surface area contributed by atoms with Gasteiger partial charge in [0.2, 0.25) is 0 Å². The van der Waals surface area contributed by atoms with Crippen molar-refractivity contribution < 1.29 is 31.1 Å². The minimum atomic E-state index is -4.78. The number of allylic oxidation sites excluding steroid dienone is 1. The second-order valence-electron chi connectivity index (χ2n) is 8.75. The van der Waals surface area contributed by atoms with Gasteiger partial charge in [0.05, 0.1) is 11.7 Å². The van der Waals surface area contributed by atoms with Gasteiger partial charge in [-0.25, -0.2) is 4.98 Å². The summed E-state index contributed by atoms with van der Waals surface area (Å²) >= 11 is 0. The third kappa shape index (κ3) is 6.04. The lowest BCUT2D eigenvalue weighted by molar-refractivity contribution is -0.274. The standard InChI is InChI=1S/C24H25F6N5O/c1-14(2)20-33-19-10-13-35(22-18(23(25,26)27)4-3-11-31-22)12-9-17(19)21(34-20)32-15-5-7-16(8-6-15)36-24(28,29)30/h3-8,10-11,13-14,20-21,32-34H,9,12H2,1-2H3. The number of pyridine rings is 1. The van der Waals surface area contributed by atoms with Crippen LogP contribution >= 0.6 is 0 Å². The van der Waals surface area contributed by atoms with Crippen molar-refractivity contribution in [2.45, 2.75) is 45.1 Å². The van der Waals surface area contributed by atoms with Crippen molar-refractivity contribution in [1.29, 1.82) is 0 Å². The highest BCUT2D eigenvalue weighted by Crippen LogP contribution is 2.36. The molecule has 194 valence electrons. The van der Waals surface area contributed by atoms with Gasteiger partial charge in [-0.1, -0.05) is 13.8 Å². The predicted octanol–water partition coefficient (Wildman–Crippen LogP) is 5.59. The topological polar surface area (TPSA) is 61.5 Å². The Morgan fingerprint density at radius 2 is 1.81 bits per heavy atom. The lowest BCUT2D eigenvalue weighted by atomic mass is 10.00. The minimum absolute atomic E-state index is 0.159. The van der Waals surface area contributed by atoms with Gasteiger partial charge in [-0.05, 0) is 60.4 Å². The van der Waals surface area contributed by atoms with Crippen LogP contribution in [0.15, 0.2) is 66.1 Å². The SMILES string of the molecule is CC(C)C1NC2=C(CCN(c3ncccc3C(F)(F)F)C=C2)C(Nc2ccc(OC(F)(F)F)cc2)N1. The lowest BCUT2D eigenvalue weighted by Crippen LogP contribution is -2.57. The van der Waals surface area contributed by atoms with E-state index in [4.69, 9.17) is 0 Å². The number of anilines is 2. The highest BCUT2D eigenvalue weighted by atomic mass is 19.4. The summed E-state index contributed by atoms with van der Waals surface area (Å²) in [4.78, 5) is 5.45. The first-order chi connectivity index (χ1) is 16.9. The molecule has 0 saturated carbocycles. The van der Waals surface area contributed by atoms with Crippen LogP contribution in [0.4, 0.5) is 37.8 Å². The van der Waals surface area contributed by atoms with Crippen molar-refractivity contribution in [3.63, 3.8) is 0 Å². The van der Waals surface area contributed by atoms with Gasteiger partial charge in [-0.15, -0.1) is 13.2 Å². The van der Waals surface area contributed by atoms with Gasteiger partial charge < -0.3 is 20.3 Å². The van der Waals surface area contributed by atoms with Crippen molar-refractivity contribution >= 4 is 11.5 Å². The number of aromatic nitrogens is 1. The van der Waals surface area contributed by atoms with Crippen molar-refractivity contribution in [2.24, 2.45) is 5.92 Å². The van der Waals surface area contributed by atoms with E-state index in [1.54, 1.807) is 12.3 Å². The zero-order chi connectivity index (χ0) is 26.1. The van der Waals surface area contributed by atoms with E-state index >= 15 is 0 Å². The van der Waals surface area contributed by atoms with E-state index in [2.05, 4.69) is 25.7 Å². The third-order valence-corrected chi connectivity index (χ3v) is 5.82. The molecule has 2 unspecified atom stereocenters. The molecule has 0 radical (unpaired) electrons. The van der Waals surface area contributed by atoms with Crippen molar-refractivity contribution in [3.8, 4) is 5.75 Å². The molecule has 2 aliphatic rings. The maximum absolute atomic E-state index is 13.6. The second kappa shape index (κ2) is 9.92. The summed E-state index contributed by atoms with van der Waals surface area (Å²) in [5.41, 5.74) is 1.35. The van der Waals surface area contributed by atoms with Gasteiger partial charge in [-0.2, -0.15) is 13.2 Å². The van der Waals surface area contributed by atoms with Crippen LogP contribution < -0.4 is 25.6 Å². The quantitative estimate of drug-likeness (QED) is 0.454. The first-order valence-electron chi connectivity index (χ1n) is 11.3. The van der Waals surface area contributed by atoms with Crippen molar-refractivity contribution in [2.75, 3.05) is 16.8 Å². The molecule has 36 heavy (non-hydrogen) atoms. The van der Waals surface area contributed by atoms with Gasteiger partial charge in [-0.3, -0.25) is 5.32 Å². The number of ether oxygens (including phenoxy) is 1. The molecule has 0 fully saturated rings. The molecule has 4 rings (SSSR count). The van der Waals surface area contributed by atoms with Gasteiger partial charge in [0.25, 0.3) is 0 Å². The van der Waals surface area contributed by atoms with E-state index in [1.807, 2.05) is 13.8 Å². The first-order valence-corrected chi connectivity index (χ1v) is 11.3. The molecule has 12 heteroatoms. The van der Waals surface area contributed by atoms with Crippen LogP contribution in [0.3, 0.4) is 0 Å². The summed E-state index contributed by atoms with van der Waals surface area (Å²) in [5.74, 6) is -0.360. The van der Waals surface area contributed by atoms with Crippen molar-refractivity contribution in [1.82, 2.24) is 15.6 Å². The minimum Gasteiger partial charge on any atom is -0.406 e. The molecule has 0 spiro atoms. The molecule has 2 atom stereocenters. The number of rotatable bonds is 5.